The van der Waals surface area contributed by atoms with Crippen LogP contribution in [-0.4, -0.2) is 51.0 Å². The maximum Gasteiger partial charge on any atom is 0.407 e. The van der Waals surface area contributed by atoms with Crippen molar-refractivity contribution in [2.45, 2.75) is 70.7 Å². The SMILES string of the molecule is C[C@H]([C@H]1O[C@@H]1CO)[C@H](CNC(=O)OCc1ccccc1)O[Si](C)(C)C(C)(C)C. The monoisotopic (exact) mass is 409 g/mol. The third-order valence-corrected chi connectivity index (χ3v) is 10.3. The van der Waals surface area contributed by atoms with E-state index in [0.717, 1.165) is 5.56 Å². The fourth-order valence-electron chi connectivity index (χ4n) is 2.83. The van der Waals surface area contributed by atoms with Gasteiger partial charge in [0.1, 0.15) is 12.7 Å². The Morgan fingerprint density at radius 3 is 2.46 bits per heavy atom. The molecule has 0 radical (unpaired) electrons. The van der Waals surface area contributed by atoms with E-state index >= 15 is 0 Å². The first-order valence-electron chi connectivity index (χ1n) is 9.94. The van der Waals surface area contributed by atoms with Crippen molar-refractivity contribution in [2.24, 2.45) is 5.92 Å². The summed E-state index contributed by atoms with van der Waals surface area (Å²) in [6.45, 7) is 13.6. The Balaban J connectivity index is 1.94. The third-order valence-electron chi connectivity index (χ3n) is 5.82. The number of alkyl carbamates (subject to hydrolysis) is 1. The van der Waals surface area contributed by atoms with Crippen LogP contribution in [0.15, 0.2) is 30.3 Å². The van der Waals surface area contributed by atoms with Crippen molar-refractivity contribution < 1.29 is 23.8 Å². The topological polar surface area (TPSA) is 80.3 Å². The van der Waals surface area contributed by atoms with Gasteiger partial charge in [-0.25, -0.2) is 4.79 Å². The Hall–Kier alpha value is -1.41. The zero-order valence-electron chi connectivity index (χ0n) is 17.9. The second-order valence-corrected chi connectivity index (χ2v) is 13.8. The fourth-order valence-corrected chi connectivity index (χ4v) is 4.23. The summed E-state index contributed by atoms with van der Waals surface area (Å²) in [6, 6.07) is 9.58. The van der Waals surface area contributed by atoms with Gasteiger partial charge in [-0.2, -0.15) is 0 Å². The van der Waals surface area contributed by atoms with E-state index in [1.807, 2.05) is 30.3 Å². The molecule has 1 heterocycles. The fraction of sp³-hybridized carbons (Fsp3) is 0.667. The van der Waals surface area contributed by atoms with Crippen LogP contribution in [-0.2, 0) is 20.5 Å². The van der Waals surface area contributed by atoms with Gasteiger partial charge in [0.05, 0.1) is 18.8 Å². The molecule has 2 N–H and O–H groups in total. The molecule has 0 spiro atoms. The normalized spacial score (nSPS) is 21.7. The maximum atomic E-state index is 12.2. The van der Waals surface area contributed by atoms with Gasteiger partial charge in [0.2, 0.25) is 0 Å². The number of aliphatic hydroxyl groups is 1. The first kappa shape index (κ1) is 22.9. The van der Waals surface area contributed by atoms with Crippen LogP contribution in [0.3, 0.4) is 0 Å². The number of rotatable bonds is 9. The molecule has 158 valence electrons. The third kappa shape index (κ3) is 6.30. The van der Waals surface area contributed by atoms with Crippen molar-refractivity contribution >= 4 is 14.4 Å². The van der Waals surface area contributed by atoms with E-state index in [2.05, 4.69) is 46.1 Å². The Bertz CT molecular complexity index is 631. The molecule has 1 aliphatic rings. The van der Waals surface area contributed by atoms with Crippen LogP contribution < -0.4 is 5.32 Å². The summed E-state index contributed by atoms with van der Waals surface area (Å²) in [5.41, 5.74) is 0.942. The van der Waals surface area contributed by atoms with Crippen molar-refractivity contribution in [3.63, 3.8) is 0 Å². The molecular weight excluding hydrogens is 374 g/mol. The van der Waals surface area contributed by atoms with Gasteiger partial charge >= 0.3 is 6.09 Å². The second kappa shape index (κ2) is 9.39. The number of carbonyl (C=O) groups excluding carboxylic acids is 1. The average Bonchev–Trinajstić information content (AvgIpc) is 3.42. The molecule has 2 rings (SSSR count). The zero-order valence-corrected chi connectivity index (χ0v) is 18.9. The van der Waals surface area contributed by atoms with Crippen LogP contribution in [0.4, 0.5) is 4.79 Å². The minimum atomic E-state index is -2.03. The number of hydrogen-bond donors (Lipinski definition) is 2. The molecule has 1 amide bonds. The van der Waals surface area contributed by atoms with Gasteiger partial charge < -0.3 is 24.3 Å². The number of amides is 1. The molecule has 1 aromatic rings. The van der Waals surface area contributed by atoms with Crippen LogP contribution in [0, 0.1) is 5.92 Å². The smallest absolute Gasteiger partial charge is 0.407 e. The van der Waals surface area contributed by atoms with E-state index in [1.54, 1.807) is 0 Å². The number of nitrogens with one attached hydrogen (secondary N) is 1. The first-order chi connectivity index (χ1) is 13.0. The largest absolute Gasteiger partial charge is 0.445 e. The van der Waals surface area contributed by atoms with Crippen molar-refractivity contribution in [3.05, 3.63) is 35.9 Å². The van der Waals surface area contributed by atoms with Crippen LogP contribution in [0.25, 0.3) is 0 Å². The summed E-state index contributed by atoms with van der Waals surface area (Å²) >= 11 is 0. The molecule has 1 saturated heterocycles. The summed E-state index contributed by atoms with van der Waals surface area (Å²) in [5.74, 6) is 0.0562. The van der Waals surface area contributed by atoms with Gasteiger partial charge in [0, 0.05) is 12.5 Å². The Morgan fingerprint density at radius 2 is 1.93 bits per heavy atom. The maximum absolute atomic E-state index is 12.2. The summed E-state index contributed by atoms with van der Waals surface area (Å²) in [4.78, 5) is 12.2. The van der Waals surface area contributed by atoms with E-state index in [4.69, 9.17) is 13.9 Å². The lowest BCUT2D eigenvalue weighted by atomic mass is 9.99. The van der Waals surface area contributed by atoms with Crippen molar-refractivity contribution in [1.29, 1.82) is 0 Å². The van der Waals surface area contributed by atoms with Gasteiger partial charge in [0.25, 0.3) is 0 Å². The molecule has 0 aliphatic carbocycles. The number of epoxide rings is 1. The highest BCUT2D eigenvalue weighted by molar-refractivity contribution is 6.74. The van der Waals surface area contributed by atoms with Crippen molar-refractivity contribution in [2.75, 3.05) is 13.2 Å². The lowest BCUT2D eigenvalue weighted by molar-refractivity contribution is 0.0958. The van der Waals surface area contributed by atoms with E-state index in [1.165, 1.54) is 0 Å². The van der Waals surface area contributed by atoms with Gasteiger partial charge in [-0.05, 0) is 23.7 Å². The molecule has 0 saturated carbocycles. The van der Waals surface area contributed by atoms with E-state index in [9.17, 15) is 9.90 Å². The lowest BCUT2D eigenvalue weighted by Gasteiger charge is -2.40. The molecule has 1 fully saturated rings. The van der Waals surface area contributed by atoms with Gasteiger partial charge in [-0.15, -0.1) is 0 Å². The highest BCUT2D eigenvalue weighted by atomic mass is 28.4. The highest BCUT2D eigenvalue weighted by Gasteiger charge is 2.48. The van der Waals surface area contributed by atoms with Crippen LogP contribution in [0.1, 0.15) is 33.3 Å². The summed E-state index contributed by atoms with van der Waals surface area (Å²) in [7, 11) is -2.03. The molecule has 4 atom stereocenters. The predicted octanol–water partition coefficient (Wildman–Crippen LogP) is 3.70. The van der Waals surface area contributed by atoms with Crippen LogP contribution >= 0.6 is 0 Å². The summed E-state index contributed by atoms with van der Waals surface area (Å²) in [5, 5.41) is 12.2. The minimum absolute atomic E-state index is 0.00830. The lowest BCUT2D eigenvalue weighted by Crippen LogP contribution is -2.50. The van der Waals surface area contributed by atoms with Crippen molar-refractivity contribution in [1.82, 2.24) is 5.32 Å². The summed E-state index contributed by atoms with van der Waals surface area (Å²) < 4.78 is 17.4. The molecule has 0 unspecified atom stereocenters. The average molecular weight is 410 g/mol. The number of hydrogen-bond acceptors (Lipinski definition) is 5. The molecule has 28 heavy (non-hydrogen) atoms. The van der Waals surface area contributed by atoms with E-state index in [0.29, 0.717) is 6.54 Å². The zero-order chi connectivity index (χ0) is 20.9. The van der Waals surface area contributed by atoms with Gasteiger partial charge in [-0.3, -0.25) is 0 Å². The van der Waals surface area contributed by atoms with E-state index < -0.39 is 14.4 Å². The number of carbonyl (C=O) groups is 1. The van der Waals surface area contributed by atoms with Crippen LogP contribution in [0.2, 0.25) is 18.1 Å². The second-order valence-electron chi connectivity index (χ2n) is 9.04. The standard InChI is InChI=1S/C21H35NO5Si/c1-15(19-18(13-23)26-19)17(27-28(5,6)21(2,3)4)12-22-20(24)25-14-16-10-8-7-9-11-16/h7-11,15,17-19,23H,12-14H2,1-6H3,(H,22,24)/t15-,17-,18+,19+/m0/s1. The van der Waals surface area contributed by atoms with Crippen molar-refractivity contribution in [3.8, 4) is 0 Å². The van der Waals surface area contributed by atoms with Gasteiger partial charge in [-0.1, -0.05) is 58.0 Å². The molecule has 1 aromatic carbocycles. The Kier molecular flexibility index (Phi) is 7.67. The Morgan fingerprint density at radius 1 is 1.29 bits per heavy atom. The quantitative estimate of drug-likeness (QED) is 0.480. The molecule has 0 aromatic heterocycles. The molecule has 1 aliphatic heterocycles. The molecule has 6 nitrogen and oxygen atoms in total. The van der Waals surface area contributed by atoms with Gasteiger partial charge in [0.15, 0.2) is 8.32 Å². The predicted molar refractivity (Wildman–Crippen MR) is 112 cm³/mol. The number of aliphatic hydroxyl groups excluding tert-OH is 1. The highest BCUT2D eigenvalue weighted by Crippen LogP contribution is 2.40. The molecular formula is C21H35NO5Si. The number of benzene rings is 1. The minimum Gasteiger partial charge on any atom is -0.445 e. The molecule has 7 heteroatoms. The number of ether oxygens (including phenoxy) is 2. The van der Waals surface area contributed by atoms with Crippen LogP contribution in [0.5, 0.6) is 0 Å². The molecule has 0 bridgehead atoms. The van der Waals surface area contributed by atoms with E-state index in [-0.39, 0.29) is 42.5 Å². The Labute approximate surface area is 169 Å². The first-order valence-corrected chi connectivity index (χ1v) is 12.8. The summed E-state index contributed by atoms with van der Waals surface area (Å²) in [6.07, 6.45) is -0.838.